The van der Waals surface area contributed by atoms with Crippen LogP contribution in [-0.4, -0.2) is 24.0 Å². The molecule has 1 N–H and O–H groups in total. The third-order valence-electron chi connectivity index (χ3n) is 2.45. The molecule has 0 radical (unpaired) electrons. The molecule has 1 amide bonds. The summed E-state index contributed by atoms with van der Waals surface area (Å²) in [6, 6.07) is -0.0441. The second-order valence-corrected chi connectivity index (χ2v) is 4.98. The smallest absolute Gasteiger partial charge is 0.407 e. The van der Waals surface area contributed by atoms with Gasteiger partial charge < -0.3 is 14.8 Å². The van der Waals surface area contributed by atoms with E-state index in [1.165, 1.54) is 0 Å². The number of ether oxygens (including phenoxy) is 1. The van der Waals surface area contributed by atoms with Crippen LogP contribution in [0.15, 0.2) is 0 Å². The van der Waals surface area contributed by atoms with Crippen molar-refractivity contribution in [2.24, 2.45) is 5.92 Å². The van der Waals surface area contributed by atoms with Crippen LogP contribution in [0, 0.1) is 5.92 Å². The Labute approximate surface area is 90.4 Å². The fourth-order valence-electron chi connectivity index (χ4n) is 1.79. The molecule has 0 heterocycles. The molecule has 0 bridgehead atoms. The van der Waals surface area contributed by atoms with Crippen LogP contribution in [0.3, 0.4) is 0 Å². The van der Waals surface area contributed by atoms with Gasteiger partial charge in [0, 0.05) is 12.0 Å². The Morgan fingerprint density at radius 1 is 1.40 bits per heavy atom. The van der Waals surface area contributed by atoms with Crippen molar-refractivity contribution in [1.82, 2.24) is 5.32 Å². The summed E-state index contributed by atoms with van der Waals surface area (Å²) >= 11 is 0. The summed E-state index contributed by atoms with van der Waals surface area (Å²) in [6.07, 6.45) is 3.21. The Balaban J connectivity index is 2.41. The van der Waals surface area contributed by atoms with Crippen LogP contribution in [0.25, 0.3) is 0 Å². The first kappa shape index (κ1) is 12.0. The monoisotopic (exact) mass is 213 g/mol. The zero-order valence-corrected chi connectivity index (χ0v) is 9.58. The lowest BCUT2D eigenvalue weighted by Gasteiger charge is -2.22. The summed E-state index contributed by atoms with van der Waals surface area (Å²) in [5, 5.41) is 2.74. The first-order valence-corrected chi connectivity index (χ1v) is 5.37. The van der Waals surface area contributed by atoms with Crippen molar-refractivity contribution in [2.45, 2.75) is 51.7 Å². The highest BCUT2D eigenvalue weighted by molar-refractivity contribution is 5.69. The summed E-state index contributed by atoms with van der Waals surface area (Å²) in [5.74, 6) is -0.0440. The van der Waals surface area contributed by atoms with Crippen molar-refractivity contribution in [3.05, 3.63) is 0 Å². The number of aldehydes is 1. The molecule has 2 atom stereocenters. The number of carbonyl (C=O) groups excluding carboxylic acids is 2. The molecular weight excluding hydrogens is 194 g/mol. The third-order valence-corrected chi connectivity index (χ3v) is 2.45. The summed E-state index contributed by atoms with van der Waals surface area (Å²) in [5.41, 5.74) is -0.487. The van der Waals surface area contributed by atoms with E-state index in [0.29, 0.717) is 0 Å². The number of amides is 1. The largest absolute Gasteiger partial charge is 0.444 e. The lowest BCUT2D eigenvalue weighted by atomic mass is 10.1. The fraction of sp³-hybridized carbons (Fsp3) is 0.818. The lowest BCUT2D eigenvalue weighted by Crippen LogP contribution is -2.41. The highest BCUT2D eigenvalue weighted by Crippen LogP contribution is 2.24. The van der Waals surface area contributed by atoms with E-state index in [9.17, 15) is 9.59 Å². The molecule has 0 unspecified atom stereocenters. The Bertz CT molecular complexity index is 245. The van der Waals surface area contributed by atoms with Crippen LogP contribution >= 0.6 is 0 Å². The quantitative estimate of drug-likeness (QED) is 0.712. The molecule has 0 saturated heterocycles. The van der Waals surface area contributed by atoms with Crippen LogP contribution < -0.4 is 5.32 Å². The maximum Gasteiger partial charge on any atom is 0.407 e. The number of nitrogens with one attached hydrogen (secondary N) is 1. The van der Waals surface area contributed by atoms with Crippen molar-refractivity contribution >= 4 is 12.4 Å². The van der Waals surface area contributed by atoms with Gasteiger partial charge in [-0.15, -0.1) is 0 Å². The minimum absolute atomic E-state index is 0.0440. The molecule has 0 spiro atoms. The van der Waals surface area contributed by atoms with E-state index in [1.807, 2.05) is 20.8 Å². The highest BCUT2D eigenvalue weighted by Gasteiger charge is 2.29. The normalized spacial score (nSPS) is 26.1. The predicted molar refractivity (Wildman–Crippen MR) is 56.6 cm³/mol. The van der Waals surface area contributed by atoms with E-state index in [1.54, 1.807) is 0 Å². The number of rotatable bonds is 2. The summed E-state index contributed by atoms with van der Waals surface area (Å²) in [4.78, 5) is 22.1. The van der Waals surface area contributed by atoms with Gasteiger partial charge in [-0.25, -0.2) is 4.79 Å². The SMILES string of the molecule is CC(C)(C)OC(=O)N[C@@H]1CCC[C@@H]1C=O. The Morgan fingerprint density at radius 2 is 2.07 bits per heavy atom. The summed E-state index contributed by atoms with van der Waals surface area (Å²) < 4.78 is 5.13. The molecule has 0 aromatic carbocycles. The number of hydrogen-bond donors (Lipinski definition) is 1. The first-order chi connectivity index (χ1) is 6.92. The minimum atomic E-state index is -0.487. The number of alkyl carbamates (subject to hydrolysis) is 1. The second kappa shape index (κ2) is 4.64. The van der Waals surface area contributed by atoms with Crippen LogP contribution in [0.1, 0.15) is 40.0 Å². The highest BCUT2D eigenvalue weighted by atomic mass is 16.6. The van der Waals surface area contributed by atoms with Gasteiger partial charge in [0.15, 0.2) is 0 Å². The topological polar surface area (TPSA) is 55.4 Å². The molecule has 0 aliphatic heterocycles. The maximum absolute atomic E-state index is 11.4. The number of hydrogen-bond acceptors (Lipinski definition) is 3. The van der Waals surface area contributed by atoms with Crippen LogP contribution in [0.5, 0.6) is 0 Å². The molecule has 4 nitrogen and oxygen atoms in total. The van der Waals surface area contributed by atoms with E-state index in [2.05, 4.69) is 5.32 Å². The first-order valence-electron chi connectivity index (χ1n) is 5.37. The fourth-order valence-corrected chi connectivity index (χ4v) is 1.79. The summed E-state index contributed by atoms with van der Waals surface area (Å²) in [6.45, 7) is 5.45. The van der Waals surface area contributed by atoms with E-state index in [0.717, 1.165) is 25.5 Å². The summed E-state index contributed by atoms with van der Waals surface area (Å²) in [7, 11) is 0. The van der Waals surface area contributed by atoms with E-state index in [4.69, 9.17) is 4.74 Å². The van der Waals surface area contributed by atoms with Crippen molar-refractivity contribution < 1.29 is 14.3 Å². The molecule has 0 aromatic rings. The molecule has 86 valence electrons. The second-order valence-electron chi connectivity index (χ2n) is 4.98. The van der Waals surface area contributed by atoms with Gasteiger partial charge in [-0.2, -0.15) is 0 Å². The van der Waals surface area contributed by atoms with Gasteiger partial charge in [-0.05, 0) is 33.6 Å². The molecule has 1 fully saturated rings. The van der Waals surface area contributed by atoms with Crippen LogP contribution in [0.2, 0.25) is 0 Å². The van der Waals surface area contributed by atoms with Gasteiger partial charge in [-0.3, -0.25) is 0 Å². The van der Waals surface area contributed by atoms with Gasteiger partial charge in [-0.1, -0.05) is 6.42 Å². The average Bonchev–Trinajstić information content (AvgIpc) is 2.48. The zero-order valence-electron chi connectivity index (χ0n) is 9.58. The predicted octanol–water partition coefficient (Wildman–Crippen LogP) is 1.88. The van der Waals surface area contributed by atoms with E-state index in [-0.39, 0.29) is 12.0 Å². The number of carbonyl (C=O) groups is 2. The molecular formula is C11H19NO3. The molecule has 15 heavy (non-hydrogen) atoms. The molecule has 0 aromatic heterocycles. The van der Waals surface area contributed by atoms with Gasteiger partial charge in [0.05, 0.1) is 0 Å². The molecule has 1 saturated carbocycles. The minimum Gasteiger partial charge on any atom is -0.444 e. The Hall–Kier alpha value is -1.06. The molecule has 4 heteroatoms. The van der Waals surface area contributed by atoms with Gasteiger partial charge >= 0.3 is 6.09 Å². The van der Waals surface area contributed by atoms with Gasteiger partial charge in [0.1, 0.15) is 11.9 Å². The Morgan fingerprint density at radius 3 is 2.60 bits per heavy atom. The zero-order chi connectivity index (χ0) is 11.5. The van der Waals surface area contributed by atoms with Gasteiger partial charge in [0.2, 0.25) is 0 Å². The molecule has 1 aliphatic carbocycles. The third kappa shape index (κ3) is 3.90. The van der Waals surface area contributed by atoms with E-state index < -0.39 is 11.7 Å². The van der Waals surface area contributed by atoms with Crippen molar-refractivity contribution in [3.63, 3.8) is 0 Å². The van der Waals surface area contributed by atoms with Gasteiger partial charge in [0.25, 0.3) is 0 Å². The molecule has 1 aliphatic rings. The molecule has 1 rings (SSSR count). The Kier molecular flexibility index (Phi) is 3.72. The van der Waals surface area contributed by atoms with Crippen molar-refractivity contribution in [3.8, 4) is 0 Å². The average molecular weight is 213 g/mol. The maximum atomic E-state index is 11.4. The standard InChI is InChI=1S/C11H19NO3/c1-11(2,3)15-10(14)12-9-6-4-5-8(9)7-13/h7-9H,4-6H2,1-3H3,(H,12,14)/t8-,9-/m1/s1. The van der Waals surface area contributed by atoms with Crippen LogP contribution in [-0.2, 0) is 9.53 Å². The van der Waals surface area contributed by atoms with E-state index >= 15 is 0 Å². The van der Waals surface area contributed by atoms with Crippen LogP contribution in [0.4, 0.5) is 4.79 Å². The van der Waals surface area contributed by atoms with Crippen molar-refractivity contribution in [1.29, 1.82) is 0 Å². The lowest BCUT2D eigenvalue weighted by molar-refractivity contribution is -0.111. The van der Waals surface area contributed by atoms with Crippen molar-refractivity contribution in [2.75, 3.05) is 0 Å².